The lowest BCUT2D eigenvalue weighted by atomic mass is 9.81. The van der Waals surface area contributed by atoms with E-state index in [0.29, 0.717) is 63.3 Å². The molecule has 7 unspecified atom stereocenters. The minimum Gasteiger partial charge on any atom is -0.375 e. The Balaban J connectivity index is 0.796. The van der Waals surface area contributed by atoms with Crippen molar-refractivity contribution < 1.29 is 23.4 Å². The lowest BCUT2D eigenvalue weighted by Crippen LogP contribution is -2.48. The number of pyridine rings is 1. The first-order valence-electron chi connectivity index (χ1n) is 26.9. The lowest BCUT2D eigenvalue weighted by molar-refractivity contribution is -0.119. The number of hydrogen-bond donors (Lipinski definition) is 3. The Morgan fingerprint density at radius 1 is 1.06 bits per heavy atom. The van der Waals surface area contributed by atoms with Gasteiger partial charge in [0.25, 0.3) is 5.56 Å². The minimum atomic E-state index is -0.719. The maximum absolute atomic E-state index is 14.0. The molecule has 0 spiro atoms. The van der Waals surface area contributed by atoms with Gasteiger partial charge >= 0.3 is 0 Å². The van der Waals surface area contributed by atoms with Crippen LogP contribution in [-0.4, -0.2) is 141 Å². The molecule has 2 saturated carbocycles. The highest BCUT2D eigenvalue weighted by Crippen LogP contribution is 2.40. The van der Waals surface area contributed by atoms with Crippen LogP contribution in [0.5, 0.6) is 0 Å². The standard InChI is InChI=1S/C54H90ClFN6O5/c1-8-39(24-51(63)62-35-54(6,7)52-49(62)25-43(53(64)59-52)23-40-12-14-45(56)15-13-40)21-37(4)57-27-36(3)29-61-19-20-65-47(32-61)34-66-46-16-17-48(55)50(26-46)67-33-41-11-10-18-60(30-41)31-44-28-58-38(5)22-42(44)9-2/h11,25,36-40,42,44-48,50,57-58H,8-10,12-24,26-35H2,1-7H3,(H,59,64)/t36?,37-,38-,39?,40?,42?,44?,45?,46?,47+,48?,50?/m1/s1. The fraction of sp³-hybridized carbons (Fsp3) is 0.852. The predicted octanol–water partition coefficient (Wildman–Crippen LogP) is 8.41. The van der Waals surface area contributed by atoms with Gasteiger partial charge in [0.05, 0.1) is 49.2 Å². The quantitative estimate of drug-likeness (QED) is 0.0827. The molecule has 4 aliphatic heterocycles. The van der Waals surface area contributed by atoms with Crippen LogP contribution in [0.1, 0.15) is 143 Å². The van der Waals surface area contributed by atoms with Crippen LogP contribution < -0.4 is 21.1 Å². The summed E-state index contributed by atoms with van der Waals surface area (Å²) in [6, 6.07) is 2.88. The number of nitrogens with one attached hydrogen (secondary N) is 3. The number of aromatic amines is 1. The second-order valence-corrected chi connectivity index (χ2v) is 23.5. The molecule has 0 radical (unpaired) electrons. The van der Waals surface area contributed by atoms with E-state index in [2.05, 4.69) is 80.0 Å². The van der Waals surface area contributed by atoms with Gasteiger partial charge in [-0.25, -0.2) is 4.39 Å². The van der Waals surface area contributed by atoms with Crippen molar-refractivity contribution in [2.45, 2.75) is 186 Å². The van der Waals surface area contributed by atoms with Gasteiger partial charge in [0, 0.05) is 87.4 Å². The number of hydrogen-bond acceptors (Lipinski definition) is 9. The van der Waals surface area contributed by atoms with Gasteiger partial charge in [-0.3, -0.25) is 19.4 Å². The SMILES string of the molecule is CCC(CC(=O)N1CC(C)(C)c2[nH]c(=O)c(CC3CCC(F)CC3)cc21)C[C@@H](C)NCC(C)CN1CCO[C@H](COC2CCC(Cl)C(OCC3=CCCN(CC4CN[C@H](C)CC4CC)C3)C2)C1. The van der Waals surface area contributed by atoms with Crippen LogP contribution in [0, 0.1) is 29.6 Å². The number of carbonyl (C=O) groups excluding carboxylic acids is 1. The third-order valence-corrected chi connectivity index (χ3v) is 17.1. The van der Waals surface area contributed by atoms with Crippen LogP contribution in [0.2, 0.25) is 0 Å². The lowest BCUT2D eigenvalue weighted by Gasteiger charge is -2.39. The van der Waals surface area contributed by atoms with Gasteiger partial charge in [0.1, 0.15) is 6.17 Å². The molecule has 13 heteroatoms. The molecule has 2 aliphatic carbocycles. The Bertz CT molecular complexity index is 1810. The van der Waals surface area contributed by atoms with Crippen molar-refractivity contribution in [1.29, 1.82) is 0 Å². The molecule has 1 aromatic rings. The van der Waals surface area contributed by atoms with Crippen molar-refractivity contribution in [1.82, 2.24) is 25.4 Å². The predicted molar refractivity (Wildman–Crippen MR) is 270 cm³/mol. The van der Waals surface area contributed by atoms with Crippen molar-refractivity contribution >= 4 is 23.2 Å². The van der Waals surface area contributed by atoms with Crippen LogP contribution >= 0.6 is 11.6 Å². The average Bonchev–Trinajstić information content (AvgIpc) is 3.57. The van der Waals surface area contributed by atoms with Crippen molar-refractivity contribution in [2.75, 3.05) is 83.6 Å². The molecule has 7 rings (SSSR count). The fourth-order valence-corrected chi connectivity index (χ4v) is 12.7. The second kappa shape index (κ2) is 25.0. The van der Waals surface area contributed by atoms with E-state index < -0.39 is 6.17 Å². The van der Waals surface area contributed by atoms with E-state index in [1.54, 1.807) is 0 Å². The summed E-state index contributed by atoms with van der Waals surface area (Å²) in [4.78, 5) is 37.5. The van der Waals surface area contributed by atoms with E-state index in [-0.39, 0.29) is 52.5 Å². The first-order chi connectivity index (χ1) is 32.2. The Kier molecular flexibility index (Phi) is 19.7. The van der Waals surface area contributed by atoms with Crippen molar-refractivity contribution in [3.05, 3.63) is 39.3 Å². The van der Waals surface area contributed by atoms with Gasteiger partial charge < -0.3 is 34.7 Å². The van der Waals surface area contributed by atoms with Crippen LogP contribution in [0.15, 0.2) is 22.5 Å². The molecule has 67 heavy (non-hydrogen) atoms. The van der Waals surface area contributed by atoms with Crippen LogP contribution in [0.3, 0.4) is 0 Å². The molecule has 0 aromatic carbocycles. The molecule has 0 bridgehead atoms. The largest absolute Gasteiger partial charge is 0.375 e. The Labute approximate surface area is 408 Å². The summed E-state index contributed by atoms with van der Waals surface area (Å²) in [6.45, 7) is 26.3. The molecule has 4 fully saturated rings. The van der Waals surface area contributed by atoms with E-state index in [1.807, 2.05) is 11.0 Å². The van der Waals surface area contributed by atoms with Gasteiger partial charge in [-0.05, 0) is 132 Å². The second-order valence-electron chi connectivity index (χ2n) is 22.9. The molecule has 11 nitrogen and oxygen atoms in total. The molecule has 3 N–H and O–H groups in total. The van der Waals surface area contributed by atoms with Crippen molar-refractivity contribution in [3.63, 3.8) is 0 Å². The minimum absolute atomic E-state index is 0.0000977. The monoisotopic (exact) mass is 957 g/mol. The summed E-state index contributed by atoms with van der Waals surface area (Å²) in [5.74, 6) is 2.69. The number of rotatable bonds is 21. The molecule has 10 atom stereocenters. The Morgan fingerprint density at radius 3 is 2.64 bits per heavy atom. The molecule has 380 valence electrons. The maximum Gasteiger partial charge on any atom is 0.251 e. The van der Waals surface area contributed by atoms with Crippen LogP contribution in [-0.2, 0) is 30.8 Å². The fourth-order valence-electron chi connectivity index (χ4n) is 12.4. The first-order valence-corrected chi connectivity index (χ1v) is 27.4. The van der Waals surface area contributed by atoms with Gasteiger partial charge in [0.2, 0.25) is 5.91 Å². The molecule has 2 saturated heterocycles. The normalized spacial score (nSPS) is 32.1. The number of amides is 1. The zero-order valence-electron chi connectivity index (χ0n) is 42.6. The van der Waals surface area contributed by atoms with Gasteiger partial charge in [0.15, 0.2) is 0 Å². The maximum atomic E-state index is 14.0. The number of carbonyl (C=O) groups is 1. The number of nitrogens with zero attached hydrogens (tertiary/aromatic N) is 3. The number of aromatic nitrogens is 1. The van der Waals surface area contributed by atoms with Crippen molar-refractivity contribution in [3.8, 4) is 0 Å². The van der Waals surface area contributed by atoms with Gasteiger partial charge in [-0.15, -0.1) is 11.6 Å². The molecular weight excluding hydrogens is 867 g/mol. The molecule has 6 aliphatic rings. The van der Waals surface area contributed by atoms with Gasteiger partial charge in [-0.2, -0.15) is 0 Å². The zero-order valence-corrected chi connectivity index (χ0v) is 43.4. The van der Waals surface area contributed by atoms with Crippen LogP contribution in [0.4, 0.5) is 10.1 Å². The number of ether oxygens (including phenoxy) is 3. The summed E-state index contributed by atoms with van der Waals surface area (Å²) in [7, 11) is 0. The summed E-state index contributed by atoms with van der Waals surface area (Å²) < 4.78 is 33.2. The number of H-pyrrole nitrogens is 1. The molecule has 5 heterocycles. The summed E-state index contributed by atoms with van der Waals surface area (Å²) in [5.41, 5.74) is 3.42. The number of piperidine rings is 1. The number of morpholine rings is 1. The Morgan fingerprint density at radius 2 is 1.87 bits per heavy atom. The highest BCUT2D eigenvalue weighted by Gasteiger charge is 2.40. The number of fused-ring (bicyclic) bond motifs is 1. The molecule has 1 aromatic heterocycles. The van der Waals surface area contributed by atoms with E-state index in [4.69, 9.17) is 25.8 Å². The molecular formula is C54H90ClFN6O5. The third kappa shape index (κ3) is 15.1. The molecule has 1 amide bonds. The van der Waals surface area contributed by atoms with E-state index in [9.17, 15) is 14.0 Å². The van der Waals surface area contributed by atoms with Crippen molar-refractivity contribution in [2.24, 2.45) is 29.6 Å². The summed E-state index contributed by atoms with van der Waals surface area (Å²) in [5, 5.41) is 7.55. The number of alkyl halides is 2. The first kappa shape index (κ1) is 52.9. The summed E-state index contributed by atoms with van der Waals surface area (Å²) >= 11 is 6.88. The zero-order chi connectivity index (χ0) is 47.7. The van der Waals surface area contributed by atoms with E-state index >= 15 is 0 Å². The van der Waals surface area contributed by atoms with Gasteiger partial charge in [-0.1, -0.05) is 53.5 Å². The summed E-state index contributed by atoms with van der Waals surface area (Å²) in [6.07, 6.45) is 14.0. The number of halogens is 2. The topological polar surface area (TPSA) is 111 Å². The number of anilines is 1. The highest BCUT2D eigenvalue weighted by molar-refractivity contribution is 6.21. The van der Waals surface area contributed by atoms with E-state index in [1.165, 1.54) is 25.0 Å². The smallest absolute Gasteiger partial charge is 0.251 e. The third-order valence-electron chi connectivity index (χ3n) is 16.6. The highest BCUT2D eigenvalue weighted by atomic mass is 35.5. The Hall–Kier alpha value is -1.90. The average molecular weight is 958 g/mol. The van der Waals surface area contributed by atoms with E-state index in [0.717, 1.165) is 133 Å². The van der Waals surface area contributed by atoms with Crippen LogP contribution in [0.25, 0.3) is 0 Å².